The molecule has 4 aromatic heterocycles. The summed E-state index contributed by atoms with van der Waals surface area (Å²) >= 11 is 6.46. The Labute approximate surface area is 365 Å². The molecule has 9 heteroatoms. The summed E-state index contributed by atoms with van der Waals surface area (Å²) in [6, 6.07) is 4.62. The number of thiophene rings is 4. The van der Waals surface area contributed by atoms with Gasteiger partial charge in [0.2, 0.25) is 0 Å². The number of halogens is 1. The summed E-state index contributed by atoms with van der Waals surface area (Å²) < 4.78 is 39.7. The van der Waals surface area contributed by atoms with E-state index in [1.54, 1.807) is 22.7 Å². The van der Waals surface area contributed by atoms with Crippen molar-refractivity contribution in [2.45, 2.75) is 171 Å². The largest absolute Gasteiger partial charge is 0.491 e. The Morgan fingerprint density at radius 1 is 0.638 bits per heavy atom. The normalized spacial score (nSPS) is 14.2. The average Bonchev–Trinajstić information content (AvgIpc) is 3.98. The van der Waals surface area contributed by atoms with Crippen LogP contribution in [0.15, 0.2) is 12.1 Å². The summed E-state index contributed by atoms with van der Waals surface area (Å²) in [5.41, 5.74) is -0.359. The van der Waals surface area contributed by atoms with Crippen molar-refractivity contribution in [1.29, 1.82) is 0 Å². The van der Waals surface area contributed by atoms with Gasteiger partial charge in [0.25, 0.3) is 0 Å². The average molecular weight is 871 g/mol. The lowest BCUT2D eigenvalue weighted by atomic mass is 9.92. The van der Waals surface area contributed by atoms with Gasteiger partial charge < -0.3 is 14.2 Å². The van der Waals surface area contributed by atoms with Crippen LogP contribution < -0.4 is 9.47 Å². The first-order valence-electron chi connectivity index (χ1n) is 22.3. The number of rotatable bonds is 22. The third-order valence-corrected chi connectivity index (χ3v) is 17.5. The minimum Gasteiger partial charge on any atom is -0.491 e. The highest BCUT2D eigenvalue weighted by molar-refractivity contribution is 7.31. The fourth-order valence-corrected chi connectivity index (χ4v) is 12.8. The monoisotopic (exact) mass is 870 g/mol. The number of fused-ring (bicyclic) bond motifs is 3. The van der Waals surface area contributed by atoms with Gasteiger partial charge in [0, 0.05) is 30.8 Å². The van der Waals surface area contributed by atoms with Crippen molar-refractivity contribution in [2.75, 3.05) is 19.8 Å². The summed E-state index contributed by atoms with van der Waals surface area (Å²) in [6.45, 7) is 28.2. The second-order valence-electron chi connectivity index (χ2n) is 18.5. The molecular weight excluding hydrogens is 800 g/mol. The summed E-state index contributed by atoms with van der Waals surface area (Å²) in [7, 11) is 0. The standard InChI is InChI=1S/C49H71FO4S4/c1-13-19-22-30(16-4)27-52-39-33-25-35(55-41(33)40(53-28-31(17-5)23-20-14-2)34-26-36(48(7,8)9)56-42(34)39)43-44-37(46(58-43)49(10,11)12)38(50)45(57-44)47(51)54-29-32(18-6)24-21-15-3/h25-26,30-32H,13-24,27-29H2,1-12H3. The fraction of sp³-hybridized carbons (Fsp3) is 0.653. The van der Waals surface area contributed by atoms with Crippen molar-refractivity contribution in [3.05, 3.63) is 32.6 Å². The van der Waals surface area contributed by atoms with Crippen LogP contribution in [0.4, 0.5) is 4.39 Å². The van der Waals surface area contributed by atoms with Crippen molar-refractivity contribution in [1.82, 2.24) is 0 Å². The lowest BCUT2D eigenvalue weighted by molar-refractivity contribution is 0.0429. The van der Waals surface area contributed by atoms with Gasteiger partial charge in [-0.1, -0.05) is 141 Å². The zero-order valence-electron chi connectivity index (χ0n) is 37.6. The lowest BCUT2D eigenvalue weighted by Gasteiger charge is -2.19. The summed E-state index contributed by atoms with van der Waals surface area (Å²) in [4.78, 5) is 18.0. The smallest absolute Gasteiger partial charge is 0.351 e. The van der Waals surface area contributed by atoms with E-state index in [0.717, 1.165) is 102 Å². The van der Waals surface area contributed by atoms with Crippen molar-refractivity contribution in [3.8, 4) is 21.3 Å². The summed E-state index contributed by atoms with van der Waals surface area (Å²) in [5.74, 6) is 2.11. The molecule has 0 aliphatic carbocycles. The third-order valence-electron chi connectivity index (χ3n) is 11.7. The zero-order chi connectivity index (χ0) is 42.4. The molecule has 0 saturated carbocycles. The Balaban J connectivity index is 1.71. The maximum absolute atomic E-state index is 16.7. The van der Waals surface area contributed by atoms with Crippen LogP contribution in [0.3, 0.4) is 0 Å². The minimum absolute atomic E-state index is 0.0298. The van der Waals surface area contributed by atoms with Gasteiger partial charge in [0.05, 0.1) is 38.8 Å². The maximum atomic E-state index is 16.7. The quantitative estimate of drug-likeness (QED) is 0.0650. The van der Waals surface area contributed by atoms with Gasteiger partial charge in [-0.15, -0.1) is 45.3 Å². The number of ether oxygens (including phenoxy) is 3. The predicted octanol–water partition coefficient (Wildman–Crippen LogP) is 17.4. The van der Waals surface area contributed by atoms with E-state index in [-0.39, 0.29) is 21.6 Å². The fourth-order valence-electron chi connectivity index (χ4n) is 7.62. The van der Waals surface area contributed by atoms with E-state index >= 15 is 4.39 Å². The predicted molar refractivity (Wildman–Crippen MR) is 254 cm³/mol. The number of carbonyl (C=O) groups excluding carboxylic acids is 1. The molecule has 3 atom stereocenters. The number of esters is 1. The van der Waals surface area contributed by atoms with E-state index in [1.165, 1.54) is 41.9 Å². The Morgan fingerprint density at radius 3 is 1.62 bits per heavy atom. The molecule has 322 valence electrons. The molecule has 5 rings (SSSR count). The molecule has 0 radical (unpaired) electrons. The first-order valence-corrected chi connectivity index (χ1v) is 25.6. The molecule has 0 bridgehead atoms. The highest BCUT2D eigenvalue weighted by Crippen LogP contribution is 2.56. The van der Waals surface area contributed by atoms with Crippen molar-refractivity contribution in [3.63, 3.8) is 0 Å². The van der Waals surface area contributed by atoms with Gasteiger partial charge in [0.1, 0.15) is 16.4 Å². The van der Waals surface area contributed by atoms with Crippen molar-refractivity contribution >= 4 is 81.6 Å². The molecular formula is C49H71FO4S4. The molecule has 5 aromatic rings. The van der Waals surface area contributed by atoms with E-state index in [2.05, 4.69) is 95.2 Å². The van der Waals surface area contributed by atoms with Gasteiger partial charge in [0.15, 0.2) is 5.82 Å². The van der Waals surface area contributed by atoms with Gasteiger partial charge in [-0.2, -0.15) is 0 Å². The highest BCUT2D eigenvalue weighted by atomic mass is 32.1. The number of unbranched alkanes of at least 4 members (excludes halogenated alkanes) is 3. The van der Waals surface area contributed by atoms with E-state index < -0.39 is 11.8 Å². The lowest BCUT2D eigenvalue weighted by Crippen LogP contribution is -2.14. The molecule has 0 amide bonds. The molecule has 0 N–H and O–H groups in total. The molecule has 0 saturated heterocycles. The van der Waals surface area contributed by atoms with E-state index in [9.17, 15) is 4.79 Å². The van der Waals surface area contributed by atoms with E-state index in [4.69, 9.17) is 14.2 Å². The van der Waals surface area contributed by atoms with Crippen LogP contribution in [-0.2, 0) is 15.6 Å². The molecule has 4 nitrogen and oxygen atoms in total. The Hall–Kier alpha value is -2.20. The molecule has 1 aromatic carbocycles. The van der Waals surface area contributed by atoms with Crippen molar-refractivity contribution in [2.24, 2.45) is 17.8 Å². The second kappa shape index (κ2) is 20.6. The molecule has 0 aliphatic rings. The SMILES string of the molecule is CCCCC(CC)COC(=O)c1sc2c(-c3cc4c(OCC(CC)CCCC)c5sc(C(C)(C)C)cc5c(OCC(CC)CCCC)c4s3)sc(C(C)(C)C)c2c1F. The van der Waals surface area contributed by atoms with Gasteiger partial charge in [-0.3, -0.25) is 0 Å². The van der Waals surface area contributed by atoms with Gasteiger partial charge in [-0.05, 0) is 60.0 Å². The molecule has 0 spiro atoms. The first-order chi connectivity index (χ1) is 27.6. The van der Waals surface area contributed by atoms with Crippen LogP contribution in [-0.4, -0.2) is 25.8 Å². The maximum Gasteiger partial charge on any atom is 0.351 e. The molecule has 4 heterocycles. The van der Waals surface area contributed by atoms with E-state index in [1.807, 2.05) is 11.3 Å². The van der Waals surface area contributed by atoms with Crippen LogP contribution in [0.1, 0.15) is 180 Å². The van der Waals surface area contributed by atoms with Crippen LogP contribution in [0, 0.1) is 23.6 Å². The van der Waals surface area contributed by atoms with Crippen LogP contribution in [0.25, 0.3) is 40.0 Å². The van der Waals surface area contributed by atoms with Crippen LogP contribution in [0.5, 0.6) is 11.5 Å². The summed E-state index contributed by atoms with van der Waals surface area (Å²) in [5, 5.41) is 2.75. The molecule has 58 heavy (non-hydrogen) atoms. The van der Waals surface area contributed by atoms with Gasteiger partial charge >= 0.3 is 5.97 Å². The highest BCUT2D eigenvalue weighted by Gasteiger charge is 2.33. The number of carbonyl (C=O) groups is 1. The molecule has 3 unspecified atom stereocenters. The number of hydrogen-bond acceptors (Lipinski definition) is 8. The van der Waals surface area contributed by atoms with Gasteiger partial charge in [-0.25, -0.2) is 9.18 Å². The minimum atomic E-state index is -0.552. The Bertz CT molecular complexity index is 2030. The summed E-state index contributed by atoms with van der Waals surface area (Å²) in [6.07, 6.45) is 13.3. The third kappa shape index (κ3) is 10.6. The van der Waals surface area contributed by atoms with Crippen LogP contribution in [0.2, 0.25) is 0 Å². The first kappa shape index (κ1) is 46.9. The zero-order valence-corrected chi connectivity index (χ0v) is 40.9. The Kier molecular flexibility index (Phi) is 16.6. The Morgan fingerprint density at radius 2 is 1.14 bits per heavy atom. The van der Waals surface area contributed by atoms with Crippen LogP contribution >= 0.6 is 45.3 Å². The topological polar surface area (TPSA) is 44.8 Å². The molecule has 0 fully saturated rings. The molecule has 0 aliphatic heterocycles. The number of benzene rings is 1. The van der Waals surface area contributed by atoms with Crippen molar-refractivity contribution < 1.29 is 23.4 Å². The van der Waals surface area contributed by atoms with E-state index in [0.29, 0.717) is 37.0 Å². The number of hydrogen-bond donors (Lipinski definition) is 0. The second-order valence-corrected chi connectivity index (χ2v) is 22.7.